The van der Waals surface area contributed by atoms with Gasteiger partial charge in [-0.2, -0.15) is 5.26 Å². The van der Waals surface area contributed by atoms with Gasteiger partial charge >= 0.3 is 0 Å². The number of hydrogen-bond acceptors (Lipinski definition) is 4. The molecule has 1 saturated carbocycles. The van der Waals surface area contributed by atoms with Crippen LogP contribution < -0.4 is 5.32 Å². The molecule has 0 spiro atoms. The van der Waals surface area contributed by atoms with E-state index in [4.69, 9.17) is 11.6 Å². The van der Waals surface area contributed by atoms with Crippen LogP contribution in [0.4, 0.5) is 5.69 Å². The highest BCUT2D eigenvalue weighted by molar-refractivity contribution is 6.31. The fraction of sp³-hybridized carbons (Fsp3) is 0.412. The maximum absolute atomic E-state index is 9.39. The van der Waals surface area contributed by atoms with Crippen LogP contribution in [0.2, 0.25) is 5.02 Å². The summed E-state index contributed by atoms with van der Waals surface area (Å²) < 4.78 is 0. The largest absolute Gasteiger partial charge is 0.396 e. The van der Waals surface area contributed by atoms with Crippen LogP contribution in [0.3, 0.4) is 0 Å². The van der Waals surface area contributed by atoms with Crippen molar-refractivity contribution >= 4 is 28.2 Å². The Balaban J connectivity index is 2.01. The lowest BCUT2D eigenvalue weighted by molar-refractivity contribution is 0.254. The smallest absolute Gasteiger partial charge is 0.103 e. The number of hydrogen-bond donors (Lipinski definition) is 2. The molecule has 4 nitrogen and oxygen atoms in total. The summed E-state index contributed by atoms with van der Waals surface area (Å²) in [4.78, 5) is 4.32. The molecule has 0 bridgehead atoms. The van der Waals surface area contributed by atoms with Crippen LogP contribution in [-0.2, 0) is 0 Å². The van der Waals surface area contributed by atoms with Crippen LogP contribution in [0.25, 0.3) is 10.9 Å². The zero-order valence-corrected chi connectivity index (χ0v) is 13.0. The van der Waals surface area contributed by atoms with Crippen LogP contribution in [0.5, 0.6) is 0 Å². The van der Waals surface area contributed by atoms with Gasteiger partial charge in [0.2, 0.25) is 0 Å². The number of aliphatic hydroxyl groups is 1. The van der Waals surface area contributed by atoms with E-state index in [1.807, 2.05) is 12.1 Å². The van der Waals surface area contributed by atoms with E-state index in [9.17, 15) is 10.4 Å². The molecule has 1 aromatic carbocycles. The first kappa shape index (κ1) is 15.1. The van der Waals surface area contributed by atoms with Crippen molar-refractivity contribution in [2.45, 2.75) is 31.7 Å². The van der Waals surface area contributed by atoms with Crippen molar-refractivity contribution in [1.82, 2.24) is 4.98 Å². The lowest BCUT2D eigenvalue weighted by atomic mass is 9.99. The predicted molar refractivity (Wildman–Crippen MR) is 87.9 cm³/mol. The maximum Gasteiger partial charge on any atom is 0.103 e. The number of aliphatic hydroxyl groups excluding tert-OH is 1. The average Bonchev–Trinajstić information content (AvgIpc) is 2.95. The first-order valence-corrected chi connectivity index (χ1v) is 7.96. The molecule has 5 heteroatoms. The van der Waals surface area contributed by atoms with Crippen LogP contribution >= 0.6 is 11.6 Å². The molecule has 2 unspecified atom stereocenters. The number of nitrogens with one attached hydrogen (secondary N) is 1. The number of aromatic nitrogens is 1. The minimum atomic E-state index is 0.205. The first-order valence-electron chi connectivity index (χ1n) is 7.58. The third-order valence-electron chi connectivity index (χ3n) is 4.44. The molecule has 0 radical (unpaired) electrons. The minimum Gasteiger partial charge on any atom is -0.396 e. The number of rotatable bonds is 4. The Morgan fingerprint density at radius 3 is 3.05 bits per heavy atom. The van der Waals surface area contributed by atoms with E-state index in [1.165, 1.54) is 0 Å². The molecule has 0 saturated heterocycles. The zero-order chi connectivity index (χ0) is 15.5. The second-order valence-corrected chi connectivity index (χ2v) is 6.21. The highest BCUT2D eigenvalue weighted by atomic mass is 35.5. The molecule has 22 heavy (non-hydrogen) atoms. The monoisotopic (exact) mass is 315 g/mol. The van der Waals surface area contributed by atoms with E-state index in [0.717, 1.165) is 42.3 Å². The predicted octanol–water partition coefficient (Wildman–Crippen LogP) is 3.72. The quantitative estimate of drug-likeness (QED) is 0.902. The molecule has 1 heterocycles. The topological polar surface area (TPSA) is 68.9 Å². The lowest BCUT2D eigenvalue weighted by Crippen LogP contribution is -2.25. The number of pyridine rings is 1. The van der Waals surface area contributed by atoms with Gasteiger partial charge < -0.3 is 10.4 Å². The summed E-state index contributed by atoms with van der Waals surface area (Å²) in [6.07, 6.45) is 5.72. The summed E-state index contributed by atoms with van der Waals surface area (Å²) in [6, 6.07) is 8.01. The fourth-order valence-corrected chi connectivity index (χ4v) is 3.50. The van der Waals surface area contributed by atoms with Crippen molar-refractivity contribution in [2.75, 3.05) is 11.9 Å². The van der Waals surface area contributed by atoms with E-state index < -0.39 is 0 Å². The van der Waals surface area contributed by atoms with Crippen LogP contribution in [0.1, 0.15) is 31.2 Å². The molecule has 0 aliphatic heterocycles. The van der Waals surface area contributed by atoms with Gasteiger partial charge in [0.1, 0.15) is 6.07 Å². The molecule has 3 rings (SSSR count). The number of nitrogens with zero attached hydrogens (tertiary/aromatic N) is 2. The summed E-state index contributed by atoms with van der Waals surface area (Å²) in [5.41, 5.74) is 2.16. The summed E-state index contributed by atoms with van der Waals surface area (Å²) in [5.74, 6) is 0.443. The van der Waals surface area contributed by atoms with Crippen molar-refractivity contribution < 1.29 is 5.11 Å². The summed E-state index contributed by atoms with van der Waals surface area (Å²) in [6.45, 7) is 0.205. The molecule has 1 aromatic heterocycles. The van der Waals surface area contributed by atoms with E-state index in [-0.39, 0.29) is 12.6 Å². The Morgan fingerprint density at radius 1 is 1.41 bits per heavy atom. The Hall–Kier alpha value is -1.83. The summed E-state index contributed by atoms with van der Waals surface area (Å²) in [7, 11) is 0. The Bertz CT molecular complexity index is 726. The molecule has 1 aliphatic carbocycles. The van der Waals surface area contributed by atoms with Gasteiger partial charge in [-0.3, -0.25) is 4.98 Å². The van der Waals surface area contributed by atoms with Crippen molar-refractivity contribution in [3.63, 3.8) is 0 Å². The number of anilines is 1. The van der Waals surface area contributed by atoms with Gasteiger partial charge in [0.15, 0.2) is 0 Å². The van der Waals surface area contributed by atoms with Gasteiger partial charge in [0, 0.05) is 29.3 Å². The summed E-state index contributed by atoms with van der Waals surface area (Å²) in [5, 5.41) is 23.6. The molecule has 1 fully saturated rings. The fourth-order valence-electron chi connectivity index (χ4n) is 3.33. The molecular formula is C17H18ClN3O. The van der Waals surface area contributed by atoms with E-state index in [2.05, 4.69) is 16.4 Å². The number of fused-ring (bicyclic) bond motifs is 1. The Morgan fingerprint density at radius 2 is 2.27 bits per heavy atom. The van der Waals surface area contributed by atoms with E-state index >= 15 is 0 Å². The van der Waals surface area contributed by atoms with Gasteiger partial charge in [-0.1, -0.05) is 18.0 Å². The van der Waals surface area contributed by atoms with Crippen LogP contribution in [0.15, 0.2) is 24.4 Å². The third kappa shape index (κ3) is 2.87. The third-order valence-corrected chi connectivity index (χ3v) is 4.67. The Kier molecular flexibility index (Phi) is 4.47. The molecule has 0 amide bonds. The zero-order valence-electron chi connectivity index (χ0n) is 12.2. The molecule has 2 N–H and O–H groups in total. The minimum absolute atomic E-state index is 0.205. The second-order valence-electron chi connectivity index (χ2n) is 5.77. The van der Waals surface area contributed by atoms with Crippen molar-refractivity contribution in [3.05, 3.63) is 35.0 Å². The standard InChI is InChI=1S/C17H18ClN3O/c18-13-4-5-16-14(8-13)17(12(9-19)10-20-16)21-15-3-1-2-11(15)6-7-22/h4-5,8,10-11,15,22H,1-3,6-7H2,(H,20,21). The maximum atomic E-state index is 9.39. The van der Waals surface area contributed by atoms with Gasteiger partial charge in [-0.05, 0) is 43.4 Å². The van der Waals surface area contributed by atoms with E-state index in [0.29, 0.717) is 16.5 Å². The molecule has 114 valence electrons. The van der Waals surface area contributed by atoms with Gasteiger partial charge in [-0.25, -0.2) is 0 Å². The molecule has 1 aliphatic rings. The molecule has 2 aromatic rings. The van der Waals surface area contributed by atoms with Crippen molar-refractivity contribution in [2.24, 2.45) is 5.92 Å². The number of benzene rings is 1. The van der Waals surface area contributed by atoms with Crippen LogP contribution in [0, 0.1) is 17.2 Å². The van der Waals surface area contributed by atoms with Gasteiger partial charge in [-0.15, -0.1) is 0 Å². The van der Waals surface area contributed by atoms with Crippen molar-refractivity contribution in [1.29, 1.82) is 5.26 Å². The van der Waals surface area contributed by atoms with Crippen molar-refractivity contribution in [3.8, 4) is 6.07 Å². The van der Waals surface area contributed by atoms with Gasteiger partial charge in [0.25, 0.3) is 0 Å². The Labute approximate surface area is 134 Å². The van der Waals surface area contributed by atoms with Gasteiger partial charge in [0.05, 0.1) is 16.8 Å². The second kappa shape index (κ2) is 6.51. The number of nitriles is 1. The summed E-state index contributed by atoms with van der Waals surface area (Å²) >= 11 is 6.11. The number of halogens is 1. The normalized spacial score (nSPS) is 21.0. The van der Waals surface area contributed by atoms with E-state index in [1.54, 1.807) is 12.3 Å². The highest BCUT2D eigenvalue weighted by Gasteiger charge is 2.27. The average molecular weight is 316 g/mol. The lowest BCUT2D eigenvalue weighted by Gasteiger charge is -2.23. The first-order chi connectivity index (χ1) is 10.7. The molecular weight excluding hydrogens is 298 g/mol. The molecule has 2 atom stereocenters. The SMILES string of the molecule is N#Cc1cnc2ccc(Cl)cc2c1NC1CCCC1CCO. The highest BCUT2D eigenvalue weighted by Crippen LogP contribution is 2.34. The van der Waals surface area contributed by atoms with Crippen LogP contribution in [-0.4, -0.2) is 22.7 Å².